The van der Waals surface area contributed by atoms with E-state index in [0.29, 0.717) is 5.02 Å². The average Bonchev–Trinajstić information content (AvgIpc) is 2.17. The summed E-state index contributed by atoms with van der Waals surface area (Å²) >= 11 is 9.14. The van der Waals surface area contributed by atoms with Crippen LogP contribution in [0, 0.1) is 0 Å². The number of hydrogen-bond donors (Lipinski definition) is 1. The van der Waals surface area contributed by atoms with Crippen molar-refractivity contribution in [3.05, 3.63) is 33.3 Å². The molecule has 1 aromatic carbocycles. The molecule has 90 valence electrons. The topological polar surface area (TPSA) is 52.3 Å². The molecule has 0 amide bonds. The quantitative estimate of drug-likeness (QED) is 0.867. The van der Waals surface area contributed by atoms with E-state index in [-0.39, 0.29) is 30.8 Å². The van der Waals surface area contributed by atoms with Gasteiger partial charge in [0.25, 0.3) is 0 Å². The zero-order chi connectivity index (χ0) is 11.4. The Bertz CT molecular complexity index is 374. The Morgan fingerprint density at radius 1 is 1.62 bits per heavy atom. The van der Waals surface area contributed by atoms with Crippen molar-refractivity contribution in [2.75, 3.05) is 7.11 Å². The summed E-state index contributed by atoms with van der Waals surface area (Å²) in [5.74, 6) is -0.329. The van der Waals surface area contributed by atoms with Crippen molar-refractivity contribution in [3.63, 3.8) is 0 Å². The van der Waals surface area contributed by atoms with Gasteiger partial charge in [-0.1, -0.05) is 33.6 Å². The van der Waals surface area contributed by atoms with Crippen molar-refractivity contribution in [3.8, 4) is 0 Å². The molecular formula is C10H12BrCl2NO2. The first-order chi connectivity index (χ1) is 7.04. The standard InChI is InChI=1S/C10H11BrClNO2.ClH/c1-15-10(14)5-9(13)7-3-2-6(12)4-8(7)11;/h2-4,9H,5,13H2,1H3;1H/t9-;/m1./s1. The number of carbonyl (C=O) groups excluding carboxylic acids is 1. The van der Waals surface area contributed by atoms with Gasteiger partial charge in [-0.05, 0) is 17.7 Å². The summed E-state index contributed by atoms with van der Waals surface area (Å²) in [6.07, 6.45) is 0.150. The molecule has 0 radical (unpaired) electrons. The van der Waals surface area contributed by atoms with E-state index < -0.39 is 0 Å². The molecule has 0 saturated heterocycles. The molecule has 0 unspecified atom stereocenters. The Morgan fingerprint density at radius 3 is 2.75 bits per heavy atom. The van der Waals surface area contributed by atoms with Crippen LogP contribution in [0.2, 0.25) is 5.02 Å². The van der Waals surface area contributed by atoms with Crippen LogP contribution >= 0.6 is 39.9 Å². The van der Waals surface area contributed by atoms with E-state index in [2.05, 4.69) is 20.7 Å². The molecule has 0 fully saturated rings. The molecule has 16 heavy (non-hydrogen) atoms. The maximum atomic E-state index is 11.0. The van der Waals surface area contributed by atoms with Gasteiger partial charge < -0.3 is 10.5 Å². The van der Waals surface area contributed by atoms with Crippen LogP contribution < -0.4 is 5.73 Å². The minimum Gasteiger partial charge on any atom is -0.469 e. The fourth-order valence-corrected chi connectivity index (χ4v) is 2.15. The predicted molar refractivity (Wildman–Crippen MR) is 70.0 cm³/mol. The smallest absolute Gasteiger partial charge is 0.307 e. The lowest BCUT2D eigenvalue weighted by molar-refractivity contribution is -0.141. The van der Waals surface area contributed by atoms with Crippen LogP contribution in [0.25, 0.3) is 0 Å². The number of rotatable bonds is 3. The minimum atomic E-state index is -0.385. The van der Waals surface area contributed by atoms with Crippen molar-refractivity contribution < 1.29 is 9.53 Å². The molecular weight excluding hydrogens is 317 g/mol. The maximum absolute atomic E-state index is 11.0. The molecule has 0 aromatic heterocycles. The van der Waals surface area contributed by atoms with Crippen molar-refractivity contribution in [1.29, 1.82) is 0 Å². The summed E-state index contributed by atoms with van der Waals surface area (Å²) in [6.45, 7) is 0. The highest BCUT2D eigenvalue weighted by Crippen LogP contribution is 2.27. The largest absolute Gasteiger partial charge is 0.469 e. The van der Waals surface area contributed by atoms with Crippen LogP contribution in [-0.2, 0) is 9.53 Å². The van der Waals surface area contributed by atoms with Gasteiger partial charge in [0.15, 0.2) is 0 Å². The lowest BCUT2D eigenvalue weighted by Crippen LogP contribution is -2.16. The normalized spacial score (nSPS) is 11.5. The molecule has 0 aliphatic rings. The van der Waals surface area contributed by atoms with E-state index in [1.807, 2.05) is 0 Å². The zero-order valence-electron chi connectivity index (χ0n) is 8.57. The van der Waals surface area contributed by atoms with Crippen molar-refractivity contribution in [1.82, 2.24) is 0 Å². The van der Waals surface area contributed by atoms with E-state index in [0.717, 1.165) is 10.0 Å². The second kappa shape index (κ2) is 7.12. The van der Waals surface area contributed by atoms with E-state index in [4.69, 9.17) is 17.3 Å². The second-order valence-electron chi connectivity index (χ2n) is 3.05. The van der Waals surface area contributed by atoms with Gasteiger partial charge in [-0.25, -0.2) is 0 Å². The summed E-state index contributed by atoms with van der Waals surface area (Å²) in [6, 6.07) is 4.89. The number of ether oxygens (including phenoxy) is 1. The second-order valence-corrected chi connectivity index (χ2v) is 4.34. The Kier molecular flexibility index (Phi) is 6.99. The third kappa shape index (κ3) is 4.29. The number of hydrogen-bond acceptors (Lipinski definition) is 3. The molecule has 1 aromatic rings. The third-order valence-electron chi connectivity index (χ3n) is 1.98. The Hall–Kier alpha value is -0.290. The van der Waals surface area contributed by atoms with Crippen LogP contribution in [0.5, 0.6) is 0 Å². The maximum Gasteiger partial charge on any atom is 0.307 e. The number of benzene rings is 1. The Morgan fingerprint density at radius 2 is 2.25 bits per heavy atom. The van der Waals surface area contributed by atoms with Crippen LogP contribution in [0.4, 0.5) is 0 Å². The van der Waals surface area contributed by atoms with Gasteiger partial charge in [-0.2, -0.15) is 0 Å². The number of halogens is 3. The third-order valence-corrected chi connectivity index (χ3v) is 2.90. The molecule has 0 spiro atoms. The first-order valence-corrected chi connectivity index (χ1v) is 5.49. The van der Waals surface area contributed by atoms with Crippen LogP contribution in [0.15, 0.2) is 22.7 Å². The predicted octanol–water partition coefficient (Wildman–Crippen LogP) is 3.09. The molecule has 0 aliphatic carbocycles. The van der Waals surface area contributed by atoms with E-state index in [1.165, 1.54) is 7.11 Å². The highest BCUT2D eigenvalue weighted by atomic mass is 79.9. The highest BCUT2D eigenvalue weighted by Gasteiger charge is 2.14. The van der Waals surface area contributed by atoms with Crippen LogP contribution in [-0.4, -0.2) is 13.1 Å². The van der Waals surface area contributed by atoms with Crippen molar-refractivity contribution in [2.24, 2.45) is 5.73 Å². The van der Waals surface area contributed by atoms with Crippen molar-refractivity contribution >= 4 is 45.9 Å². The van der Waals surface area contributed by atoms with Gasteiger partial charge in [0.2, 0.25) is 0 Å². The molecule has 0 heterocycles. The fourth-order valence-electron chi connectivity index (χ4n) is 1.18. The molecule has 0 aliphatic heterocycles. The highest BCUT2D eigenvalue weighted by molar-refractivity contribution is 9.10. The molecule has 1 rings (SSSR count). The Labute approximate surface area is 114 Å². The first kappa shape index (κ1) is 15.7. The fraction of sp³-hybridized carbons (Fsp3) is 0.300. The van der Waals surface area contributed by atoms with E-state index >= 15 is 0 Å². The molecule has 3 nitrogen and oxygen atoms in total. The molecule has 1 atom stereocenters. The zero-order valence-corrected chi connectivity index (χ0v) is 11.7. The van der Waals surface area contributed by atoms with Gasteiger partial charge in [0.1, 0.15) is 0 Å². The summed E-state index contributed by atoms with van der Waals surface area (Å²) in [4.78, 5) is 11.0. The van der Waals surface area contributed by atoms with Crippen LogP contribution in [0.3, 0.4) is 0 Å². The molecule has 6 heteroatoms. The monoisotopic (exact) mass is 327 g/mol. The Balaban J connectivity index is 0.00000225. The van der Waals surface area contributed by atoms with Gasteiger partial charge in [-0.15, -0.1) is 12.4 Å². The lowest BCUT2D eigenvalue weighted by atomic mass is 10.1. The van der Waals surface area contributed by atoms with Crippen LogP contribution in [0.1, 0.15) is 18.0 Å². The number of esters is 1. The van der Waals surface area contributed by atoms with Gasteiger partial charge >= 0.3 is 5.97 Å². The van der Waals surface area contributed by atoms with Crippen molar-refractivity contribution in [2.45, 2.75) is 12.5 Å². The SMILES string of the molecule is COC(=O)C[C@@H](N)c1ccc(Cl)cc1Br.Cl. The van der Waals surface area contributed by atoms with E-state index in [1.54, 1.807) is 18.2 Å². The van der Waals surface area contributed by atoms with Gasteiger partial charge in [-0.3, -0.25) is 4.79 Å². The number of nitrogens with two attached hydrogens (primary N) is 1. The summed E-state index contributed by atoms with van der Waals surface area (Å²) in [5.41, 5.74) is 6.69. The lowest BCUT2D eigenvalue weighted by Gasteiger charge is -2.12. The average molecular weight is 329 g/mol. The van der Waals surface area contributed by atoms with E-state index in [9.17, 15) is 4.79 Å². The summed E-state index contributed by atoms with van der Waals surface area (Å²) < 4.78 is 5.34. The van der Waals surface area contributed by atoms with Gasteiger partial charge in [0.05, 0.1) is 13.5 Å². The summed E-state index contributed by atoms with van der Waals surface area (Å²) in [7, 11) is 1.34. The molecule has 0 saturated carbocycles. The molecule has 0 bridgehead atoms. The number of methoxy groups -OCH3 is 1. The minimum absolute atomic E-state index is 0. The summed E-state index contributed by atoms with van der Waals surface area (Å²) in [5, 5.41) is 0.621. The first-order valence-electron chi connectivity index (χ1n) is 4.32. The van der Waals surface area contributed by atoms with Gasteiger partial charge in [0, 0.05) is 15.5 Å². The molecule has 2 N–H and O–H groups in total. The number of carbonyl (C=O) groups is 1.